The van der Waals surface area contributed by atoms with Crippen molar-refractivity contribution in [2.45, 2.75) is 25.1 Å². The largest absolute Gasteiger partial charge is 0.311 e. The van der Waals surface area contributed by atoms with Gasteiger partial charge in [0.1, 0.15) is 5.82 Å². The summed E-state index contributed by atoms with van der Waals surface area (Å²) in [6.45, 7) is 3.96. The molecular weight excluding hydrogens is 277 g/mol. The molecule has 1 rings (SSSR count). The maximum atomic E-state index is 13.1. The Morgan fingerprint density at radius 2 is 1.94 bits per heavy atom. The molecule has 1 N–H and O–H groups in total. The molecule has 3 nitrogen and oxygen atoms in total. The van der Waals surface area contributed by atoms with Crippen molar-refractivity contribution < 1.29 is 12.8 Å². The van der Waals surface area contributed by atoms with Gasteiger partial charge in [0.2, 0.25) is 0 Å². The number of halogens is 2. The average Bonchev–Trinajstić information content (AvgIpc) is 2.13. The predicted molar refractivity (Wildman–Crippen MR) is 72.0 cm³/mol. The van der Waals surface area contributed by atoms with Gasteiger partial charge in [-0.3, -0.25) is 0 Å². The Labute approximate surface area is 112 Å². The first kappa shape index (κ1) is 15.4. The van der Waals surface area contributed by atoms with Crippen molar-refractivity contribution in [2.24, 2.45) is 0 Å². The number of rotatable bonds is 5. The van der Waals surface area contributed by atoms with Gasteiger partial charge in [-0.1, -0.05) is 11.6 Å². The zero-order valence-corrected chi connectivity index (χ0v) is 12.2. The Balaban J connectivity index is 2.62. The van der Waals surface area contributed by atoms with Crippen molar-refractivity contribution in [1.29, 1.82) is 0 Å². The highest BCUT2D eigenvalue weighted by molar-refractivity contribution is 7.92. The third kappa shape index (κ3) is 4.23. The second-order valence-electron chi connectivity index (χ2n) is 4.91. The van der Waals surface area contributed by atoms with Crippen molar-refractivity contribution in [3.8, 4) is 0 Å². The van der Waals surface area contributed by atoms with Crippen LogP contribution in [0.15, 0.2) is 18.2 Å². The molecule has 0 amide bonds. The number of sulfone groups is 1. The van der Waals surface area contributed by atoms with Gasteiger partial charge in [0.15, 0.2) is 9.84 Å². The summed E-state index contributed by atoms with van der Waals surface area (Å²) in [5.74, 6) is -0.401. The molecule has 0 unspecified atom stereocenters. The molecule has 18 heavy (non-hydrogen) atoms. The van der Waals surface area contributed by atoms with E-state index in [9.17, 15) is 12.8 Å². The van der Waals surface area contributed by atoms with Crippen LogP contribution in [-0.2, 0) is 16.4 Å². The van der Waals surface area contributed by atoms with E-state index in [-0.39, 0.29) is 0 Å². The van der Waals surface area contributed by atoms with Gasteiger partial charge in [0.25, 0.3) is 0 Å². The van der Waals surface area contributed by atoms with Crippen LogP contribution in [0.5, 0.6) is 0 Å². The first-order valence-corrected chi connectivity index (χ1v) is 7.74. The van der Waals surface area contributed by atoms with Crippen LogP contribution >= 0.6 is 11.6 Å². The summed E-state index contributed by atoms with van der Waals surface area (Å²) in [4.78, 5) is 0. The normalized spacial score (nSPS) is 12.7. The molecule has 0 aliphatic carbocycles. The Morgan fingerprint density at radius 3 is 2.44 bits per heavy atom. The molecular formula is C12H17ClFNO2S. The predicted octanol–water partition coefficient (Wildman–Crippen LogP) is 2.39. The summed E-state index contributed by atoms with van der Waals surface area (Å²) in [6.07, 6.45) is 1.20. The quantitative estimate of drug-likeness (QED) is 0.907. The van der Waals surface area contributed by atoms with Crippen LogP contribution in [0.25, 0.3) is 0 Å². The van der Waals surface area contributed by atoms with E-state index in [0.29, 0.717) is 23.7 Å². The maximum absolute atomic E-state index is 13.1. The Hall–Kier alpha value is -0.650. The average molecular weight is 294 g/mol. The van der Waals surface area contributed by atoms with Gasteiger partial charge in [-0.05, 0) is 37.6 Å². The minimum Gasteiger partial charge on any atom is -0.311 e. The zero-order chi connectivity index (χ0) is 14.0. The number of nitrogens with one attached hydrogen (secondary N) is 1. The fourth-order valence-corrected chi connectivity index (χ4v) is 1.96. The number of hydrogen-bond acceptors (Lipinski definition) is 3. The molecule has 0 aliphatic rings. The van der Waals surface area contributed by atoms with E-state index in [2.05, 4.69) is 5.32 Å². The van der Waals surface area contributed by atoms with Crippen molar-refractivity contribution in [3.05, 3.63) is 34.6 Å². The van der Waals surface area contributed by atoms with E-state index < -0.39 is 20.4 Å². The SMILES string of the molecule is CC(C)(CNCc1cc(F)cc(Cl)c1)S(C)(=O)=O. The highest BCUT2D eigenvalue weighted by Gasteiger charge is 2.29. The van der Waals surface area contributed by atoms with E-state index in [4.69, 9.17) is 11.6 Å². The molecule has 6 heteroatoms. The van der Waals surface area contributed by atoms with Crippen LogP contribution in [-0.4, -0.2) is 26.0 Å². The highest BCUT2D eigenvalue weighted by atomic mass is 35.5. The van der Waals surface area contributed by atoms with Crippen LogP contribution in [0.3, 0.4) is 0 Å². The number of hydrogen-bond donors (Lipinski definition) is 1. The zero-order valence-electron chi connectivity index (χ0n) is 10.6. The topological polar surface area (TPSA) is 46.2 Å². The lowest BCUT2D eigenvalue weighted by atomic mass is 10.2. The summed E-state index contributed by atoms with van der Waals surface area (Å²) in [7, 11) is -3.14. The van der Waals surface area contributed by atoms with Gasteiger partial charge >= 0.3 is 0 Å². The molecule has 0 saturated carbocycles. The fraction of sp³-hybridized carbons (Fsp3) is 0.500. The van der Waals surface area contributed by atoms with Crippen molar-refractivity contribution in [1.82, 2.24) is 5.32 Å². The van der Waals surface area contributed by atoms with E-state index >= 15 is 0 Å². The molecule has 1 aromatic carbocycles. The maximum Gasteiger partial charge on any atom is 0.153 e. The van der Waals surface area contributed by atoms with Gasteiger partial charge in [0, 0.05) is 24.4 Å². The van der Waals surface area contributed by atoms with Crippen molar-refractivity contribution in [3.63, 3.8) is 0 Å². The molecule has 0 radical (unpaired) electrons. The van der Waals surface area contributed by atoms with Gasteiger partial charge < -0.3 is 5.32 Å². The molecule has 0 saturated heterocycles. The lowest BCUT2D eigenvalue weighted by Crippen LogP contribution is -2.41. The molecule has 1 aromatic rings. The molecule has 0 atom stereocenters. The van der Waals surface area contributed by atoms with Crippen LogP contribution < -0.4 is 5.32 Å². The molecule has 0 aromatic heterocycles. The molecule has 0 heterocycles. The van der Waals surface area contributed by atoms with Gasteiger partial charge in [-0.25, -0.2) is 12.8 Å². The Morgan fingerprint density at radius 1 is 1.33 bits per heavy atom. The molecule has 0 bridgehead atoms. The second kappa shape index (κ2) is 5.55. The second-order valence-corrected chi connectivity index (χ2v) is 8.00. The van der Waals surface area contributed by atoms with E-state index in [1.54, 1.807) is 19.9 Å². The van der Waals surface area contributed by atoms with Crippen molar-refractivity contribution in [2.75, 3.05) is 12.8 Å². The van der Waals surface area contributed by atoms with Gasteiger partial charge in [-0.15, -0.1) is 0 Å². The minimum atomic E-state index is -3.14. The van der Waals surface area contributed by atoms with Crippen molar-refractivity contribution >= 4 is 21.4 Å². The van der Waals surface area contributed by atoms with Gasteiger partial charge in [-0.2, -0.15) is 0 Å². The summed E-state index contributed by atoms with van der Waals surface area (Å²) < 4.78 is 35.2. The van der Waals surface area contributed by atoms with Crippen LogP contribution in [0.1, 0.15) is 19.4 Å². The van der Waals surface area contributed by atoms with Crippen LogP contribution in [0.2, 0.25) is 5.02 Å². The first-order chi connectivity index (χ1) is 8.12. The van der Waals surface area contributed by atoms with E-state index in [1.807, 2.05) is 0 Å². The van der Waals surface area contributed by atoms with Gasteiger partial charge in [0.05, 0.1) is 4.75 Å². The Bertz CT molecular complexity index is 509. The lowest BCUT2D eigenvalue weighted by Gasteiger charge is -2.22. The lowest BCUT2D eigenvalue weighted by molar-refractivity contribution is 0.520. The minimum absolute atomic E-state index is 0.292. The summed E-state index contributed by atoms with van der Waals surface area (Å²) in [6, 6.07) is 4.24. The molecule has 0 spiro atoms. The molecule has 102 valence electrons. The molecule has 0 fully saturated rings. The first-order valence-electron chi connectivity index (χ1n) is 5.47. The smallest absolute Gasteiger partial charge is 0.153 e. The van der Waals surface area contributed by atoms with E-state index in [0.717, 1.165) is 0 Å². The number of benzene rings is 1. The standard InChI is InChI=1S/C12H17ClFNO2S/c1-12(2,18(3,16)17)8-15-7-9-4-10(13)6-11(14)5-9/h4-6,15H,7-8H2,1-3H3. The monoisotopic (exact) mass is 293 g/mol. The van der Waals surface area contributed by atoms with E-state index in [1.165, 1.54) is 18.4 Å². The summed E-state index contributed by atoms with van der Waals surface area (Å²) >= 11 is 5.73. The highest BCUT2D eigenvalue weighted by Crippen LogP contribution is 2.16. The van der Waals surface area contributed by atoms with Crippen LogP contribution in [0, 0.1) is 5.82 Å². The Kier molecular flexibility index (Phi) is 4.75. The summed E-state index contributed by atoms with van der Waals surface area (Å²) in [5.41, 5.74) is 0.685. The van der Waals surface area contributed by atoms with Crippen LogP contribution in [0.4, 0.5) is 4.39 Å². The fourth-order valence-electron chi connectivity index (χ4n) is 1.35. The summed E-state index contributed by atoms with van der Waals surface area (Å²) in [5, 5.41) is 3.33. The third-order valence-electron chi connectivity index (χ3n) is 2.81. The molecule has 0 aliphatic heterocycles. The third-order valence-corrected chi connectivity index (χ3v) is 5.18.